The molecule has 7 heteroatoms. The van der Waals surface area contributed by atoms with Crippen LogP contribution in [-0.4, -0.2) is 33.0 Å². The molecule has 128 valence electrons. The molecule has 0 unspecified atom stereocenters. The summed E-state index contributed by atoms with van der Waals surface area (Å²) in [7, 11) is 0. The van der Waals surface area contributed by atoms with Gasteiger partial charge in [0.2, 0.25) is 5.91 Å². The lowest BCUT2D eigenvalue weighted by Crippen LogP contribution is -2.45. The van der Waals surface area contributed by atoms with Crippen LogP contribution in [0.25, 0.3) is 0 Å². The van der Waals surface area contributed by atoms with Crippen LogP contribution in [-0.2, 0) is 11.3 Å². The Labute approximate surface area is 140 Å². The fraction of sp³-hybridized carbons (Fsp3) is 0.647. The molecule has 2 heterocycles. The number of nitrogens with zero attached hydrogens (tertiary/aromatic N) is 4. The minimum absolute atomic E-state index is 0.0493. The third kappa shape index (κ3) is 3.42. The molecule has 1 aromatic heterocycles. The van der Waals surface area contributed by atoms with Crippen LogP contribution in [0.15, 0.2) is 15.8 Å². The van der Waals surface area contributed by atoms with Gasteiger partial charge in [0, 0.05) is 25.3 Å². The average molecular weight is 330 g/mol. The molecule has 0 bridgehead atoms. The van der Waals surface area contributed by atoms with Gasteiger partial charge in [-0.15, -0.1) is 0 Å². The highest BCUT2D eigenvalue weighted by Crippen LogP contribution is 2.33. The van der Waals surface area contributed by atoms with Gasteiger partial charge < -0.3 is 4.90 Å². The van der Waals surface area contributed by atoms with E-state index in [4.69, 9.17) is 5.26 Å². The molecule has 1 saturated heterocycles. The third-order valence-electron chi connectivity index (χ3n) is 4.76. The van der Waals surface area contributed by atoms with E-state index in [0.717, 1.165) is 43.1 Å². The second-order valence-electron chi connectivity index (χ2n) is 6.62. The van der Waals surface area contributed by atoms with Crippen molar-refractivity contribution in [2.24, 2.45) is 0 Å². The zero-order chi connectivity index (χ0) is 17.1. The van der Waals surface area contributed by atoms with E-state index in [0.29, 0.717) is 13.1 Å². The topological polar surface area (TPSA) is 88.1 Å². The standard InChI is InChI=1S/C17H22N4O3/c18-10-13-11-20(14-6-7-14)17(24)21(16(13)23)12-15(22)19-8-4-2-1-3-5-9-19/h11,14H,1-9,12H2. The highest BCUT2D eigenvalue weighted by molar-refractivity contribution is 5.76. The number of amides is 1. The van der Waals surface area contributed by atoms with Gasteiger partial charge in [-0.05, 0) is 25.7 Å². The summed E-state index contributed by atoms with van der Waals surface area (Å²) in [5.74, 6) is -0.214. The van der Waals surface area contributed by atoms with Gasteiger partial charge in [0.05, 0.1) is 0 Å². The number of likely N-dealkylation sites (tertiary alicyclic amines) is 1. The van der Waals surface area contributed by atoms with Crippen molar-refractivity contribution in [1.82, 2.24) is 14.0 Å². The van der Waals surface area contributed by atoms with E-state index in [9.17, 15) is 14.4 Å². The Morgan fingerprint density at radius 2 is 1.75 bits per heavy atom. The van der Waals surface area contributed by atoms with Gasteiger partial charge >= 0.3 is 5.69 Å². The van der Waals surface area contributed by atoms with Crippen LogP contribution in [0.5, 0.6) is 0 Å². The van der Waals surface area contributed by atoms with Gasteiger partial charge in [0.25, 0.3) is 5.56 Å². The first-order valence-electron chi connectivity index (χ1n) is 8.65. The molecule has 0 aromatic carbocycles. The Morgan fingerprint density at radius 1 is 1.12 bits per heavy atom. The van der Waals surface area contributed by atoms with Crippen LogP contribution in [0.1, 0.15) is 56.6 Å². The molecule has 1 aromatic rings. The van der Waals surface area contributed by atoms with Crippen LogP contribution in [0.4, 0.5) is 0 Å². The molecule has 0 N–H and O–H groups in total. The maximum Gasteiger partial charge on any atom is 0.331 e. The number of aromatic nitrogens is 2. The molecule has 7 nitrogen and oxygen atoms in total. The van der Waals surface area contributed by atoms with Crippen LogP contribution < -0.4 is 11.2 Å². The van der Waals surface area contributed by atoms with Gasteiger partial charge in [-0.25, -0.2) is 9.36 Å². The number of hydrogen-bond acceptors (Lipinski definition) is 4. The molecule has 2 fully saturated rings. The Morgan fingerprint density at radius 3 is 2.33 bits per heavy atom. The molecule has 1 aliphatic heterocycles. The second-order valence-corrected chi connectivity index (χ2v) is 6.62. The van der Waals surface area contributed by atoms with Crippen molar-refractivity contribution in [2.75, 3.05) is 13.1 Å². The maximum absolute atomic E-state index is 12.6. The Bertz CT molecular complexity index is 774. The van der Waals surface area contributed by atoms with Crippen LogP contribution in [0.2, 0.25) is 0 Å². The first-order valence-corrected chi connectivity index (χ1v) is 8.65. The van der Waals surface area contributed by atoms with Crippen LogP contribution in [0.3, 0.4) is 0 Å². The van der Waals surface area contributed by atoms with E-state index in [1.54, 1.807) is 4.90 Å². The van der Waals surface area contributed by atoms with E-state index in [2.05, 4.69) is 0 Å². The molecular formula is C17H22N4O3. The fourth-order valence-electron chi connectivity index (χ4n) is 3.18. The van der Waals surface area contributed by atoms with Crippen molar-refractivity contribution in [2.45, 2.75) is 57.5 Å². The van der Waals surface area contributed by atoms with E-state index >= 15 is 0 Å². The lowest BCUT2D eigenvalue weighted by atomic mass is 10.1. The molecule has 2 aliphatic rings. The molecule has 24 heavy (non-hydrogen) atoms. The summed E-state index contributed by atoms with van der Waals surface area (Å²) in [4.78, 5) is 39.2. The largest absolute Gasteiger partial charge is 0.341 e. The Kier molecular flexibility index (Phi) is 4.84. The molecule has 1 amide bonds. The molecule has 1 aliphatic carbocycles. The molecule has 0 radical (unpaired) electrons. The number of carbonyl (C=O) groups is 1. The van der Waals surface area contributed by atoms with Crippen LogP contribution >= 0.6 is 0 Å². The summed E-state index contributed by atoms with van der Waals surface area (Å²) in [6, 6.07) is 1.89. The number of rotatable bonds is 3. The number of nitriles is 1. The van der Waals surface area contributed by atoms with Gasteiger partial charge in [0.1, 0.15) is 18.2 Å². The highest BCUT2D eigenvalue weighted by Gasteiger charge is 2.27. The van der Waals surface area contributed by atoms with Gasteiger partial charge in [-0.1, -0.05) is 19.3 Å². The summed E-state index contributed by atoms with van der Waals surface area (Å²) >= 11 is 0. The smallest absolute Gasteiger partial charge is 0.331 e. The number of hydrogen-bond donors (Lipinski definition) is 0. The number of carbonyl (C=O) groups excluding carboxylic acids is 1. The monoisotopic (exact) mass is 330 g/mol. The Hall–Kier alpha value is -2.36. The summed E-state index contributed by atoms with van der Waals surface area (Å²) < 4.78 is 2.36. The molecule has 1 saturated carbocycles. The first kappa shape index (κ1) is 16.5. The van der Waals surface area contributed by atoms with Crippen molar-refractivity contribution in [3.63, 3.8) is 0 Å². The van der Waals surface area contributed by atoms with Crippen molar-refractivity contribution < 1.29 is 4.79 Å². The summed E-state index contributed by atoms with van der Waals surface area (Å²) in [6.45, 7) is 1.06. The second kappa shape index (κ2) is 7.04. The first-order chi connectivity index (χ1) is 11.6. The van der Waals surface area contributed by atoms with Crippen molar-refractivity contribution in [1.29, 1.82) is 5.26 Å². The van der Waals surface area contributed by atoms with Crippen molar-refractivity contribution in [3.05, 3.63) is 32.6 Å². The van der Waals surface area contributed by atoms with E-state index in [-0.39, 0.29) is 24.1 Å². The Balaban J connectivity index is 1.87. The van der Waals surface area contributed by atoms with Gasteiger partial charge in [-0.3, -0.25) is 14.2 Å². The lowest BCUT2D eigenvalue weighted by Gasteiger charge is -2.25. The fourth-order valence-corrected chi connectivity index (χ4v) is 3.18. The average Bonchev–Trinajstić information content (AvgIpc) is 3.36. The zero-order valence-corrected chi connectivity index (χ0v) is 13.7. The van der Waals surface area contributed by atoms with Crippen molar-refractivity contribution >= 4 is 5.91 Å². The molecule has 0 atom stereocenters. The summed E-state index contributed by atoms with van der Waals surface area (Å²) in [5.41, 5.74) is -1.23. The summed E-state index contributed by atoms with van der Waals surface area (Å²) in [5, 5.41) is 9.14. The summed E-state index contributed by atoms with van der Waals surface area (Å²) in [6.07, 6.45) is 8.35. The molecule has 0 spiro atoms. The quantitative estimate of drug-likeness (QED) is 0.827. The maximum atomic E-state index is 12.6. The molecular weight excluding hydrogens is 308 g/mol. The molecule has 3 rings (SSSR count). The minimum Gasteiger partial charge on any atom is -0.341 e. The minimum atomic E-state index is -0.667. The van der Waals surface area contributed by atoms with Gasteiger partial charge in [-0.2, -0.15) is 5.26 Å². The lowest BCUT2D eigenvalue weighted by molar-refractivity contribution is -0.132. The van der Waals surface area contributed by atoms with Gasteiger partial charge in [0.15, 0.2) is 0 Å². The predicted molar refractivity (Wildman–Crippen MR) is 87.6 cm³/mol. The van der Waals surface area contributed by atoms with Crippen LogP contribution in [0, 0.1) is 11.3 Å². The SMILES string of the molecule is N#Cc1cn(C2CC2)c(=O)n(CC(=O)N2CCCCCCC2)c1=O. The van der Waals surface area contributed by atoms with E-state index in [1.807, 2.05) is 6.07 Å². The predicted octanol–water partition coefficient (Wildman–Crippen LogP) is 1.01. The zero-order valence-electron chi connectivity index (χ0n) is 13.7. The third-order valence-corrected chi connectivity index (χ3v) is 4.76. The normalized spacial score (nSPS) is 18.5. The van der Waals surface area contributed by atoms with E-state index < -0.39 is 11.2 Å². The van der Waals surface area contributed by atoms with E-state index in [1.165, 1.54) is 17.2 Å². The highest BCUT2D eigenvalue weighted by atomic mass is 16.2. The van der Waals surface area contributed by atoms with Crippen molar-refractivity contribution in [3.8, 4) is 6.07 Å².